The van der Waals surface area contributed by atoms with Crippen LogP contribution >= 0.6 is 11.6 Å². The Hall–Kier alpha value is -1.74. The van der Waals surface area contributed by atoms with Crippen LogP contribution in [0.25, 0.3) is 0 Å². The molecule has 0 atom stereocenters. The van der Waals surface area contributed by atoms with E-state index in [4.69, 9.17) is 22.1 Å². The average Bonchev–Trinajstić information content (AvgIpc) is 2.45. The SMILES string of the molecule is Cc1cc(N)cnc1Oc1ccc(Cl)c2c1CCCC2. The Kier molecular flexibility index (Phi) is 3.53. The lowest BCUT2D eigenvalue weighted by Gasteiger charge is -2.20. The van der Waals surface area contributed by atoms with Crippen molar-refractivity contribution in [2.75, 3.05) is 5.73 Å². The number of hydrogen-bond donors (Lipinski definition) is 1. The van der Waals surface area contributed by atoms with E-state index in [1.165, 1.54) is 24.0 Å². The smallest absolute Gasteiger partial charge is 0.222 e. The molecule has 0 amide bonds. The monoisotopic (exact) mass is 288 g/mol. The lowest BCUT2D eigenvalue weighted by molar-refractivity contribution is 0.448. The number of benzene rings is 1. The first-order valence-electron chi connectivity index (χ1n) is 6.85. The van der Waals surface area contributed by atoms with E-state index >= 15 is 0 Å². The Bertz CT molecular complexity index is 655. The molecule has 0 bridgehead atoms. The maximum atomic E-state index is 6.28. The van der Waals surface area contributed by atoms with Crippen molar-refractivity contribution in [1.29, 1.82) is 0 Å². The fourth-order valence-electron chi connectivity index (χ4n) is 2.68. The van der Waals surface area contributed by atoms with Gasteiger partial charge in [-0.2, -0.15) is 0 Å². The van der Waals surface area contributed by atoms with Gasteiger partial charge in [0.15, 0.2) is 0 Å². The number of halogens is 1. The van der Waals surface area contributed by atoms with Gasteiger partial charge in [-0.1, -0.05) is 11.6 Å². The second kappa shape index (κ2) is 5.33. The summed E-state index contributed by atoms with van der Waals surface area (Å²) in [5, 5.41) is 0.842. The fraction of sp³-hybridized carbons (Fsp3) is 0.312. The Morgan fingerprint density at radius 1 is 1.20 bits per heavy atom. The third-order valence-electron chi connectivity index (χ3n) is 3.69. The van der Waals surface area contributed by atoms with Crippen LogP contribution in [0.3, 0.4) is 0 Å². The Morgan fingerprint density at radius 3 is 2.70 bits per heavy atom. The van der Waals surface area contributed by atoms with E-state index in [-0.39, 0.29) is 0 Å². The summed E-state index contributed by atoms with van der Waals surface area (Å²) in [6, 6.07) is 5.71. The number of nitrogens with two attached hydrogens (primary N) is 1. The molecule has 0 unspecified atom stereocenters. The lowest BCUT2D eigenvalue weighted by atomic mass is 9.91. The average molecular weight is 289 g/mol. The van der Waals surface area contributed by atoms with Crippen LogP contribution in [0, 0.1) is 6.92 Å². The van der Waals surface area contributed by atoms with Crippen molar-refractivity contribution in [2.24, 2.45) is 0 Å². The van der Waals surface area contributed by atoms with E-state index in [2.05, 4.69) is 4.98 Å². The summed E-state index contributed by atoms with van der Waals surface area (Å²) in [6.45, 7) is 1.95. The van der Waals surface area contributed by atoms with Crippen LogP contribution in [0.1, 0.15) is 29.5 Å². The molecule has 0 aliphatic heterocycles. The number of ether oxygens (including phenoxy) is 1. The summed E-state index contributed by atoms with van der Waals surface area (Å²) in [4.78, 5) is 4.26. The zero-order valence-corrected chi connectivity index (χ0v) is 12.2. The third-order valence-corrected chi connectivity index (χ3v) is 4.05. The van der Waals surface area contributed by atoms with Crippen LogP contribution in [0.2, 0.25) is 5.02 Å². The van der Waals surface area contributed by atoms with E-state index in [1.807, 2.05) is 25.1 Å². The highest BCUT2D eigenvalue weighted by molar-refractivity contribution is 6.31. The predicted molar refractivity (Wildman–Crippen MR) is 81.6 cm³/mol. The highest BCUT2D eigenvalue weighted by atomic mass is 35.5. The second-order valence-electron chi connectivity index (χ2n) is 5.20. The standard InChI is InChI=1S/C16H17ClN2O/c1-10-8-11(18)9-19-16(10)20-15-7-6-14(17)12-4-2-3-5-13(12)15/h6-9H,2-5,18H2,1H3. The number of aromatic nitrogens is 1. The first-order chi connectivity index (χ1) is 9.65. The molecule has 1 aromatic heterocycles. The largest absolute Gasteiger partial charge is 0.438 e. The van der Waals surface area contributed by atoms with E-state index in [0.29, 0.717) is 11.6 Å². The van der Waals surface area contributed by atoms with Gasteiger partial charge in [-0.05, 0) is 61.9 Å². The molecule has 0 fully saturated rings. The maximum absolute atomic E-state index is 6.28. The Balaban J connectivity index is 1.99. The molecule has 3 nitrogen and oxygen atoms in total. The van der Waals surface area contributed by atoms with Gasteiger partial charge in [-0.25, -0.2) is 4.98 Å². The van der Waals surface area contributed by atoms with Crippen molar-refractivity contribution in [3.8, 4) is 11.6 Å². The number of aryl methyl sites for hydroxylation is 1. The zero-order valence-electron chi connectivity index (χ0n) is 11.4. The van der Waals surface area contributed by atoms with Crippen molar-refractivity contribution in [2.45, 2.75) is 32.6 Å². The quantitative estimate of drug-likeness (QED) is 0.896. The summed E-state index contributed by atoms with van der Waals surface area (Å²) < 4.78 is 5.99. The molecule has 2 aromatic rings. The highest BCUT2D eigenvalue weighted by Gasteiger charge is 2.18. The number of nitrogens with zero attached hydrogens (tertiary/aromatic N) is 1. The van der Waals surface area contributed by atoms with Crippen LogP contribution in [0.4, 0.5) is 5.69 Å². The van der Waals surface area contributed by atoms with Crippen molar-refractivity contribution in [3.05, 3.63) is 46.1 Å². The van der Waals surface area contributed by atoms with Gasteiger partial charge in [-0.15, -0.1) is 0 Å². The molecule has 0 saturated carbocycles. The molecule has 1 aliphatic carbocycles. The van der Waals surface area contributed by atoms with Crippen LogP contribution in [-0.4, -0.2) is 4.98 Å². The molecule has 1 aromatic carbocycles. The summed E-state index contributed by atoms with van der Waals surface area (Å²) in [5.74, 6) is 1.47. The number of pyridine rings is 1. The van der Waals surface area contributed by atoms with Gasteiger partial charge >= 0.3 is 0 Å². The number of nitrogen functional groups attached to an aromatic ring is 1. The van der Waals surface area contributed by atoms with Crippen molar-refractivity contribution in [3.63, 3.8) is 0 Å². The first kappa shape index (κ1) is 13.3. The topological polar surface area (TPSA) is 48.1 Å². The number of hydrogen-bond acceptors (Lipinski definition) is 3. The van der Waals surface area contributed by atoms with Crippen LogP contribution in [0.5, 0.6) is 11.6 Å². The lowest BCUT2D eigenvalue weighted by Crippen LogP contribution is -2.06. The zero-order chi connectivity index (χ0) is 14.1. The molecule has 0 radical (unpaired) electrons. The van der Waals surface area contributed by atoms with Crippen molar-refractivity contribution in [1.82, 2.24) is 4.98 Å². The molecule has 0 spiro atoms. The minimum absolute atomic E-state index is 0.606. The minimum Gasteiger partial charge on any atom is -0.438 e. The van der Waals surface area contributed by atoms with Crippen LogP contribution < -0.4 is 10.5 Å². The second-order valence-corrected chi connectivity index (χ2v) is 5.61. The van der Waals surface area contributed by atoms with Gasteiger partial charge in [0, 0.05) is 10.6 Å². The summed E-state index contributed by atoms with van der Waals surface area (Å²) in [6.07, 6.45) is 6.02. The van der Waals surface area contributed by atoms with Crippen LogP contribution in [0.15, 0.2) is 24.4 Å². The molecule has 20 heavy (non-hydrogen) atoms. The van der Waals surface area contributed by atoms with Gasteiger partial charge in [0.2, 0.25) is 5.88 Å². The van der Waals surface area contributed by atoms with Crippen molar-refractivity contribution < 1.29 is 4.74 Å². The normalized spacial score (nSPS) is 13.9. The Morgan fingerprint density at radius 2 is 1.95 bits per heavy atom. The molecule has 104 valence electrons. The van der Waals surface area contributed by atoms with Gasteiger partial charge in [-0.3, -0.25) is 0 Å². The molecule has 0 saturated heterocycles. The van der Waals surface area contributed by atoms with E-state index in [0.717, 1.165) is 29.2 Å². The van der Waals surface area contributed by atoms with Gasteiger partial charge in [0.05, 0.1) is 11.9 Å². The minimum atomic E-state index is 0.606. The van der Waals surface area contributed by atoms with Gasteiger partial charge < -0.3 is 10.5 Å². The number of fused-ring (bicyclic) bond motifs is 1. The van der Waals surface area contributed by atoms with E-state index in [9.17, 15) is 0 Å². The van der Waals surface area contributed by atoms with Gasteiger partial charge in [0.1, 0.15) is 5.75 Å². The fourth-order valence-corrected chi connectivity index (χ4v) is 2.95. The van der Waals surface area contributed by atoms with Crippen LogP contribution in [-0.2, 0) is 12.8 Å². The van der Waals surface area contributed by atoms with E-state index in [1.54, 1.807) is 6.20 Å². The number of anilines is 1. The van der Waals surface area contributed by atoms with Crippen molar-refractivity contribution >= 4 is 17.3 Å². The van der Waals surface area contributed by atoms with Gasteiger partial charge in [0.25, 0.3) is 0 Å². The molecule has 2 N–H and O–H groups in total. The third kappa shape index (κ3) is 2.46. The van der Waals surface area contributed by atoms with E-state index < -0.39 is 0 Å². The summed E-state index contributed by atoms with van der Waals surface area (Å²) >= 11 is 6.28. The molecular formula is C16H17ClN2O. The summed E-state index contributed by atoms with van der Waals surface area (Å²) in [5.41, 5.74) is 9.75. The molecule has 3 rings (SSSR count). The molecular weight excluding hydrogens is 272 g/mol. The highest BCUT2D eigenvalue weighted by Crippen LogP contribution is 2.36. The first-order valence-corrected chi connectivity index (χ1v) is 7.23. The Labute approximate surface area is 123 Å². The molecule has 1 heterocycles. The molecule has 1 aliphatic rings. The summed E-state index contributed by atoms with van der Waals surface area (Å²) in [7, 11) is 0. The molecule has 4 heteroatoms. The number of rotatable bonds is 2. The predicted octanol–water partition coefficient (Wildman–Crippen LogP) is 4.30. The maximum Gasteiger partial charge on any atom is 0.222 e.